The summed E-state index contributed by atoms with van der Waals surface area (Å²) in [5.41, 5.74) is 0.197. The van der Waals surface area contributed by atoms with Crippen molar-refractivity contribution < 1.29 is 13.6 Å². The van der Waals surface area contributed by atoms with Crippen LogP contribution in [0.2, 0.25) is 0 Å². The molecule has 0 amide bonds. The summed E-state index contributed by atoms with van der Waals surface area (Å²) in [7, 11) is 0. The Labute approximate surface area is 101 Å². The van der Waals surface area contributed by atoms with Crippen LogP contribution in [-0.4, -0.2) is 11.3 Å². The third kappa shape index (κ3) is 2.47. The van der Waals surface area contributed by atoms with Crippen LogP contribution in [0.15, 0.2) is 6.07 Å². The number of aromatic nitrogens is 1. The van der Waals surface area contributed by atoms with Crippen molar-refractivity contribution in [3.05, 3.63) is 26.6 Å². The van der Waals surface area contributed by atoms with Crippen LogP contribution in [0.5, 0.6) is 0 Å². The Morgan fingerprint density at radius 3 is 2.71 bits per heavy atom. The Morgan fingerprint density at radius 1 is 1.64 bits per heavy atom. The van der Waals surface area contributed by atoms with Crippen LogP contribution >= 0.6 is 38.5 Å². The van der Waals surface area contributed by atoms with Gasteiger partial charge in [-0.25, -0.2) is 13.8 Å². The van der Waals surface area contributed by atoms with Crippen molar-refractivity contribution >= 4 is 44.8 Å². The minimum Gasteiger partial charge on any atom is -0.296 e. The summed E-state index contributed by atoms with van der Waals surface area (Å²) >= 11 is 4.86. The molecular weight excluding hydrogens is 371 g/mol. The van der Waals surface area contributed by atoms with E-state index < -0.39 is 6.43 Å². The molecule has 1 rings (SSSR count). The molecule has 14 heavy (non-hydrogen) atoms. The molecule has 0 aliphatic carbocycles. The molecule has 0 spiro atoms. The highest BCUT2D eigenvalue weighted by Crippen LogP contribution is 2.27. The van der Waals surface area contributed by atoms with Crippen LogP contribution in [0.4, 0.5) is 8.78 Å². The highest BCUT2D eigenvalue weighted by Gasteiger charge is 2.17. The average Bonchev–Trinajstić information content (AvgIpc) is 2.16. The minimum absolute atomic E-state index is 0.0732. The molecule has 0 atom stereocenters. The lowest BCUT2D eigenvalue weighted by Crippen LogP contribution is -2.03. The van der Waals surface area contributed by atoms with Crippen molar-refractivity contribution in [2.45, 2.75) is 11.8 Å². The molecule has 0 N–H and O–H groups in total. The second-order valence-corrected chi connectivity index (χ2v) is 4.12. The van der Waals surface area contributed by atoms with Gasteiger partial charge in [-0.05, 0) is 28.7 Å². The lowest BCUT2D eigenvalue weighted by Gasteiger charge is -2.08. The van der Waals surface area contributed by atoms with Gasteiger partial charge in [0.25, 0.3) is 6.43 Å². The zero-order chi connectivity index (χ0) is 10.7. The van der Waals surface area contributed by atoms with Gasteiger partial charge in [-0.15, -0.1) is 0 Å². The van der Waals surface area contributed by atoms with E-state index >= 15 is 0 Å². The Hall–Kier alpha value is -0.110. The quantitative estimate of drug-likeness (QED) is 0.351. The summed E-state index contributed by atoms with van der Waals surface area (Å²) < 4.78 is 25.5. The van der Waals surface area contributed by atoms with E-state index in [4.69, 9.17) is 0 Å². The van der Waals surface area contributed by atoms with Crippen LogP contribution in [0.1, 0.15) is 28.0 Å². The fraction of sp³-hybridized carbons (Fsp3) is 0.250. The number of carbonyl (C=O) groups is 1. The zero-order valence-electron chi connectivity index (χ0n) is 6.81. The molecule has 0 fully saturated rings. The molecule has 76 valence electrons. The maximum Gasteiger partial charge on any atom is 0.264 e. The number of alkyl halides is 3. The standard InChI is InChI=1S/C8H5BrF2INO/c9-2-5-4(8(10)11)1-7(12)13-6(5)3-14/h1,3,8H,2H2. The van der Waals surface area contributed by atoms with E-state index in [-0.39, 0.29) is 22.2 Å². The number of hydrogen-bond donors (Lipinski definition) is 0. The molecule has 2 nitrogen and oxygen atoms in total. The second kappa shape index (κ2) is 5.11. The summed E-state index contributed by atoms with van der Waals surface area (Å²) in [6.07, 6.45) is -2.09. The normalized spacial score (nSPS) is 10.6. The van der Waals surface area contributed by atoms with Gasteiger partial charge in [-0.1, -0.05) is 15.9 Å². The Morgan fingerprint density at radius 2 is 2.29 bits per heavy atom. The van der Waals surface area contributed by atoms with Crippen molar-refractivity contribution in [2.24, 2.45) is 0 Å². The molecular formula is C8H5BrF2INO. The van der Waals surface area contributed by atoms with Crippen molar-refractivity contribution in [3.8, 4) is 0 Å². The number of aldehydes is 1. The van der Waals surface area contributed by atoms with Gasteiger partial charge in [0.05, 0.1) is 0 Å². The number of pyridine rings is 1. The number of halogens is 4. The molecule has 0 saturated carbocycles. The van der Waals surface area contributed by atoms with Crippen LogP contribution in [-0.2, 0) is 5.33 Å². The fourth-order valence-electron chi connectivity index (χ4n) is 1.02. The van der Waals surface area contributed by atoms with Crippen LogP contribution in [0, 0.1) is 3.70 Å². The van der Waals surface area contributed by atoms with Crippen LogP contribution in [0.3, 0.4) is 0 Å². The third-order valence-corrected chi connectivity index (χ3v) is 2.75. The van der Waals surface area contributed by atoms with E-state index in [2.05, 4.69) is 20.9 Å². The van der Waals surface area contributed by atoms with Crippen molar-refractivity contribution in [3.63, 3.8) is 0 Å². The molecule has 0 unspecified atom stereocenters. The first-order chi connectivity index (χ1) is 6.60. The highest BCUT2D eigenvalue weighted by molar-refractivity contribution is 14.1. The van der Waals surface area contributed by atoms with Crippen LogP contribution in [0.25, 0.3) is 0 Å². The van der Waals surface area contributed by atoms with Crippen molar-refractivity contribution in [1.82, 2.24) is 4.98 Å². The molecule has 1 aromatic rings. The van der Waals surface area contributed by atoms with Gasteiger partial charge < -0.3 is 0 Å². The van der Waals surface area contributed by atoms with Gasteiger partial charge in [0.15, 0.2) is 6.29 Å². The maximum atomic E-state index is 12.5. The molecule has 0 bridgehead atoms. The predicted molar refractivity (Wildman–Crippen MR) is 59.9 cm³/mol. The first-order valence-corrected chi connectivity index (χ1v) is 5.78. The summed E-state index contributed by atoms with van der Waals surface area (Å²) in [6.45, 7) is 0. The summed E-state index contributed by atoms with van der Waals surface area (Å²) in [5.74, 6) is 0. The lowest BCUT2D eigenvalue weighted by molar-refractivity contribution is 0.111. The van der Waals surface area contributed by atoms with Crippen molar-refractivity contribution in [1.29, 1.82) is 0 Å². The number of nitrogens with zero attached hydrogens (tertiary/aromatic N) is 1. The van der Waals surface area contributed by atoms with E-state index in [9.17, 15) is 13.6 Å². The van der Waals surface area contributed by atoms with Crippen molar-refractivity contribution in [2.75, 3.05) is 0 Å². The Balaban J connectivity index is 3.39. The summed E-state index contributed by atoms with van der Waals surface area (Å²) in [6, 6.07) is 1.29. The zero-order valence-corrected chi connectivity index (χ0v) is 10.5. The second-order valence-electron chi connectivity index (χ2n) is 2.45. The van der Waals surface area contributed by atoms with Crippen LogP contribution < -0.4 is 0 Å². The first-order valence-electron chi connectivity index (χ1n) is 3.58. The average molecular weight is 376 g/mol. The molecule has 0 aliphatic heterocycles. The van der Waals surface area contributed by atoms with Gasteiger partial charge >= 0.3 is 0 Å². The van der Waals surface area contributed by atoms with E-state index in [0.717, 1.165) is 0 Å². The molecule has 0 aromatic carbocycles. The van der Waals surface area contributed by atoms with E-state index in [0.29, 0.717) is 9.99 Å². The maximum absolute atomic E-state index is 12.5. The SMILES string of the molecule is O=Cc1nc(I)cc(C(F)F)c1CBr. The fourth-order valence-corrected chi connectivity index (χ4v) is 2.22. The molecule has 6 heteroatoms. The smallest absolute Gasteiger partial charge is 0.264 e. The van der Waals surface area contributed by atoms with Gasteiger partial charge in [0, 0.05) is 16.5 Å². The predicted octanol–water partition coefficient (Wildman–Crippen LogP) is 3.33. The van der Waals surface area contributed by atoms with Gasteiger partial charge in [0.2, 0.25) is 0 Å². The Bertz CT molecular complexity index is 359. The lowest BCUT2D eigenvalue weighted by atomic mass is 10.1. The largest absolute Gasteiger partial charge is 0.296 e. The van der Waals surface area contributed by atoms with Gasteiger partial charge in [-0.3, -0.25) is 4.79 Å². The van der Waals surface area contributed by atoms with Gasteiger partial charge in [0.1, 0.15) is 9.39 Å². The highest BCUT2D eigenvalue weighted by atomic mass is 127. The minimum atomic E-state index is -2.59. The molecule has 0 saturated heterocycles. The summed E-state index contributed by atoms with van der Waals surface area (Å²) in [5, 5.41) is 0.199. The first kappa shape index (κ1) is 12.0. The number of hydrogen-bond acceptors (Lipinski definition) is 2. The van der Waals surface area contributed by atoms with E-state index in [1.54, 1.807) is 22.6 Å². The summed E-state index contributed by atoms with van der Waals surface area (Å²) in [4.78, 5) is 14.4. The third-order valence-electron chi connectivity index (χ3n) is 1.64. The number of rotatable bonds is 3. The topological polar surface area (TPSA) is 30.0 Å². The van der Waals surface area contributed by atoms with E-state index in [1.807, 2.05) is 0 Å². The molecule has 1 aromatic heterocycles. The number of carbonyl (C=O) groups excluding carboxylic acids is 1. The molecule has 0 aliphatic rings. The molecule has 1 heterocycles. The van der Waals surface area contributed by atoms with Gasteiger partial charge in [-0.2, -0.15) is 0 Å². The van der Waals surface area contributed by atoms with E-state index in [1.165, 1.54) is 6.07 Å². The monoisotopic (exact) mass is 375 g/mol. The Kier molecular flexibility index (Phi) is 4.36. The molecule has 0 radical (unpaired) electrons.